The van der Waals surface area contributed by atoms with E-state index >= 15 is 0 Å². The molecule has 5 heteroatoms. The second-order valence-electron chi connectivity index (χ2n) is 6.19. The van der Waals surface area contributed by atoms with Crippen molar-refractivity contribution >= 4 is 5.91 Å². The first-order valence-corrected chi connectivity index (χ1v) is 8.19. The van der Waals surface area contributed by atoms with Crippen LogP contribution in [0.4, 0.5) is 0 Å². The summed E-state index contributed by atoms with van der Waals surface area (Å²) in [6, 6.07) is 10.1. The quantitative estimate of drug-likeness (QED) is 0.890. The van der Waals surface area contributed by atoms with E-state index in [1.54, 1.807) is 0 Å². The maximum absolute atomic E-state index is 12.5. The minimum Gasteiger partial charge on any atom is -0.361 e. The summed E-state index contributed by atoms with van der Waals surface area (Å²) in [5.74, 6) is 0.784. The summed E-state index contributed by atoms with van der Waals surface area (Å²) in [6.45, 7) is 5.48. The molecule has 1 saturated heterocycles. The summed E-state index contributed by atoms with van der Waals surface area (Å²) in [6.07, 6.45) is 2.34. The Kier molecular flexibility index (Phi) is 4.48. The number of aromatic nitrogens is 1. The van der Waals surface area contributed by atoms with E-state index < -0.39 is 5.54 Å². The highest BCUT2D eigenvalue weighted by atomic mass is 16.5. The highest BCUT2D eigenvalue weighted by molar-refractivity contribution is 5.87. The van der Waals surface area contributed by atoms with E-state index in [0.717, 1.165) is 36.4 Å². The average Bonchev–Trinajstić information content (AvgIpc) is 3.19. The molecule has 0 saturated carbocycles. The van der Waals surface area contributed by atoms with Crippen molar-refractivity contribution in [1.82, 2.24) is 15.8 Å². The van der Waals surface area contributed by atoms with E-state index in [-0.39, 0.29) is 5.91 Å². The first kappa shape index (κ1) is 15.7. The zero-order chi connectivity index (χ0) is 16.3. The van der Waals surface area contributed by atoms with Crippen LogP contribution in [0.3, 0.4) is 0 Å². The Labute approximate surface area is 136 Å². The highest BCUT2D eigenvalue weighted by Gasteiger charge is 2.41. The molecule has 0 bridgehead atoms. The maximum atomic E-state index is 12.5. The summed E-state index contributed by atoms with van der Waals surface area (Å²) in [7, 11) is 0. The molecule has 1 atom stereocenters. The molecular weight excluding hydrogens is 290 g/mol. The number of amides is 1. The van der Waals surface area contributed by atoms with Crippen LogP contribution in [-0.2, 0) is 11.2 Å². The minimum absolute atomic E-state index is 0.0470. The molecule has 0 spiro atoms. The van der Waals surface area contributed by atoms with E-state index in [9.17, 15) is 4.79 Å². The fourth-order valence-electron chi connectivity index (χ4n) is 3.12. The van der Waals surface area contributed by atoms with Crippen molar-refractivity contribution in [2.24, 2.45) is 0 Å². The lowest BCUT2D eigenvalue weighted by Crippen LogP contribution is -2.55. The van der Waals surface area contributed by atoms with Gasteiger partial charge in [-0.15, -0.1) is 0 Å². The zero-order valence-corrected chi connectivity index (χ0v) is 13.7. The van der Waals surface area contributed by atoms with Gasteiger partial charge in [0.05, 0.1) is 0 Å². The summed E-state index contributed by atoms with van der Waals surface area (Å²) < 4.78 is 5.49. The number of aryl methyl sites for hydroxylation is 1. The van der Waals surface area contributed by atoms with Crippen molar-refractivity contribution in [3.8, 4) is 11.3 Å². The van der Waals surface area contributed by atoms with E-state index in [1.165, 1.54) is 5.56 Å². The second kappa shape index (κ2) is 6.54. The SMILES string of the molecule is CCNC(=O)[C@@]1(Cc2cc(-c3ccc(C)cc3)no2)CCCN1. The van der Waals surface area contributed by atoms with Gasteiger partial charge in [-0.25, -0.2) is 0 Å². The molecule has 1 aliphatic rings. The molecule has 3 rings (SSSR count). The van der Waals surface area contributed by atoms with E-state index in [0.29, 0.717) is 13.0 Å². The molecule has 1 amide bonds. The largest absolute Gasteiger partial charge is 0.361 e. The van der Waals surface area contributed by atoms with E-state index in [4.69, 9.17) is 4.52 Å². The van der Waals surface area contributed by atoms with Gasteiger partial charge in [0.2, 0.25) is 5.91 Å². The molecule has 2 N–H and O–H groups in total. The third-order valence-corrected chi connectivity index (χ3v) is 4.40. The van der Waals surface area contributed by atoms with Gasteiger partial charge in [-0.05, 0) is 33.2 Å². The normalized spacial score (nSPS) is 20.6. The minimum atomic E-state index is -0.569. The molecule has 1 fully saturated rings. The lowest BCUT2D eigenvalue weighted by Gasteiger charge is -2.26. The van der Waals surface area contributed by atoms with Gasteiger partial charge in [0.25, 0.3) is 0 Å². The molecule has 0 unspecified atom stereocenters. The number of carbonyl (C=O) groups excluding carboxylic acids is 1. The Bertz CT molecular complexity index is 670. The number of benzene rings is 1. The summed E-state index contributed by atoms with van der Waals surface area (Å²) in [5.41, 5.74) is 2.48. The Morgan fingerprint density at radius 1 is 1.39 bits per heavy atom. The molecule has 2 aromatic rings. The average molecular weight is 313 g/mol. The number of rotatable bonds is 5. The molecule has 5 nitrogen and oxygen atoms in total. The lowest BCUT2D eigenvalue weighted by molar-refractivity contribution is -0.127. The molecule has 23 heavy (non-hydrogen) atoms. The fraction of sp³-hybridized carbons (Fsp3) is 0.444. The Morgan fingerprint density at radius 3 is 2.83 bits per heavy atom. The van der Waals surface area contributed by atoms with E-state index in [1.807, 2.05) is 25.1 Å². The number of hydrogen-bond acceptors (Lipinski definition) is 4. The smallest absolute Gasteiger partial charge is 0.240 e. The Balaban J connectivity index is 1.79. The highest BCUT2D eigenvalue weighted by Crippen LogP contribution is 2.27. The number of hydrogen-bond donors (Lipinski definition) is 2. The van der Waals surface area contributed by atoms with Gasteiger partial charge in [-0.3, -0.25) is 4.79 Å². The van der Waals surface area contributed by atoms with Crippen molar-refractivity contribution in [3.63, 3.8) is 0 Å². The second-order valence-corrected chi connectivity index (χ2v) is 6.19. The molecule has 0 radical (unpaired) electrons. The third-order valence-electron chi connectivity index (χ3n) is 4.40. The predicted molar refractivity (Wildman–Crippen MR) is 89.0 cm³/mol. The fourth-order valence-corrected chi connectivity index (χ4v) is 3.12. The number of nitrogens with one attached hydrogen (secondary N) is 2. The van der Waals surface area contributed by atoms with Gasteiger partial charge in [-0.1, -0.05) is 35.0 Å². The lowest BCUT2D eigenvalue weighted by atomic mass is 9.90. The summed E-state index contributed by atoms with van der Waals surface area (Å²) >= 11 is 0. The molecule has 1 aromatic heterocycles. The van der Waals surface area contributed by atoms with Crippen molar-refractivity contribution in [2.45, 2.75) is 38.6 Å². The molecule has 0 aliphatic carbocycles. The first-order valence-electron chi connectivity index (χ1n) is 8.19. The molecule has 1 aromatic carbocycles. The summed E-state index contributed by atoms with van der Waals surface area (Å²) in [5, 5.41) is 10.4. The van der Waals surface area contributed by atoms with Crippen LogP contribution in [0.25, 0.3) is 11.3 Å². The van der Waals surface area contributed by atoms with Crippen LogP contribution in [0.15, 0.2) is 34.9 Å². The standard InChI is InChI=1S/C18H23N3O2/c1-3-19-17(22)18(9-4-10-20-18)12-15-11-16(21-23-15)14-7-5-13(2)6-8-14/h5-8,11,20H,3-4,9-10,12H2,1-2H3,(H,19,22)/t18-/m0/s1. The molecular formula is C18H23N3O2. The van der Waals surface area contributed by atoms with Gasteiger partial charge in [0.15, 0.2) is 0 Å². The van der Waals surface area contributed by atoms with Gasteiger partial charge in [0, 0.05) is 24.6 Å². The van der Waals surface area contributed by atoms with Gasteiger partial charge < -0.3 is 15.2 Å². The number of nitrogens with zero attached hydrogens (tertiary/aromatic N) is 1. The van der Waals surface area contributed by atoms with Crippen molar-refractivity contribution in [2.75, 3.05) is 13.1 Å². The Hall–Kier alpha value is -2.14. The van der Waals surface area contributed by atoms with Crippen LogP contribution in [0.2, 0.25) is 0 Å². The molecule has 122 valence electrons. The molecule has 2 heterocycles. The zero-order valence-electron chi connectivity index (χ0n) is 13.7. The van der Waals surface area contributed by atoms with Gasteiger partial charge in [-0.2, -0.15) is 0 Å². The first-order chi connectivity index (χ1) is 11.1. The Morgan fingerprint density at radius 2 is 2.17 bits per heavy atom. The van der Waals surface area contributed by atoms with Crippen molar-refractivity contribution in [3.05, 3.63) is 41.7 Å². The number of likely N-dealkylation sites (N-methyl/N-ethyl adjacent to an activating group) is 1. The van der Waals surface area contributed by atoms with Crippen molar-refractivity contribution in [1.29, 1.82) is 0 Å². The van der Waals surface area contributed by atoms with Crippen LogP contribution in [-0.4, -0.2) is 29.7 Å². The van der Waals surface area contributed by atoms with Crippen molar-refractivity contribution < 1.29 is 9.32 Å². The monoisotopic (exact) mass is 313 g/mol. The van der Waals surface area contributed by atoms with Gasteiger partial charge >= 0.3 is 0 Å². The van der Waals surface area contributed by atoms with Crippen LogP contribution in [0.5, 0.6) is 0 Å². The third kappa shape index (κ3) is 3.29. The van der Waals surface area contributed by atoms with Crippen LogP contribution in [0, 0.1) is 6.92 Å². The topological polar surface area (TPSA) is 67.2 Å². The maximum Gasteiger partial charge on any atom is 0.240 e. The van der Waals surface area contributed by atoms with E-state index in [2.05, 4.69) is 34.8 Å². The van der Waals surface area contributed by atoms with Gasteiger partial charge in [0.1, 0.15) is 17.0 Å². The van der Waals surface area contributed by atoms with Crippen LogP contribution < -0.4 is 10.6 Å². The predicted octanol–water partition coefficient (Wildman–Crippen LogP) is 2.45. The summed E-state index contributed by atoms with van der Waals surface area (Å²) in [4.78, 5) is 12.5. The molecule has 1 aliphatic heterocycles. The number of carbonyl (C=O) groups is 1. The van der Waals surface area contributed by atoms with Crippen LogP contribution >= 0.6 is 0 Å². The van der Waals surface area contributed by atoms with Crippen LogP contribution in [0.1, 0.15) is 31.1 Å².